The summed E-state index contributed by atoms with van der Waals surface area (Å²) in [6.07, 6.45) is 1.92. The van der Waals surface area contributed by atoms with Gasteiger partial charge in [0.25, 0.3) is 0 Å². The van der Waals surface area contributed by atoms with E-state index < -0.39 is 4.32 Å². The van der Waals surface area contributed by atoms with E-state index in [0.29, 0.717) is 0 Å². The van der Waals surface area contributed by atoms with Crippen LogP contribution in [0, 0.1) is 0 Å². The van der Waals surface area contributed by atoms with Crippen LogP contribution < -0.4 is 4.90 Å². The van der Waals surface area contributed by atoms with Gasteiger partial charge in [-0.05, 0) is 49.9 Å². The maximum absolute atomic E-state index is 13.0. The summed E-state index contributed by atoms with van der Waals surface area (Å²) in [5.41, 5.74) is 4.44. The minimum atomic E-state index is -0.600. The first-order chi connectivity index (χ1) is 9.98. The molecule has 0 atom stereocenters. The van der Waals surface area contributed by atoms with E-state index in [1.165, 1.54) is 11.1 Å². The predicted molar refractivity (Wildman–Crippen MR) is 90.4 cm³/mol. The first-order valence-electron chi connectivity index (χ1n) is 7.18. The summed E-state index contributed by atoms with van der Waals surface area (Å²) in [6.45, 7) is 3.79. The number of amides is 1. The minimum Gasteiger partial charge on any atom is -0.279 e. The molecule has 0 bridgehead atoms. The van der Waals surface area contributed by atoms with E-state index in [4.69, 9.17) is 0 Å². The van der Waals surface area contributed by atoms with Gasteiger partial charge >= 0.3 is 0 Å². The molecule has 3 heteroatoms. The van der Waals surface area contributed by atoms with Gasteiger partial charge in [-0.1, -0.05) is 52.3 Å². The van der Waals surface area contributed by atoms with Crippen LogP contribution in [-0.4, -0.2) is 10.2 Å². The molecule has 1 aliphatic heterocycles. The molecule has 0 fully saturated rings. The number of hydrogen-bond donors (Lipinski definition) is 0. The Labute approximate surface area is 133 Å². The van der Waals surface area contributed by atoms with Crippen LogP contribution in [0.5, 0.6) is 0 Å². The van der Waals surface area contributed by atoms with Gasteiger partial charge in [-0.3, -0.25) is 9.69 Å². The molecule has 0 aliphatic carbocycles. The molecule has 2 aromatic rings. The second kappa shape index (κ2) is 5.30. The maximum atomic E-state index is 13.0. The molecular weight excluding hydrogens is 326 g/mol. The number of para-hydroxylation sites is 2. The third kappa shape index (κ3) is 2.62. The van der Waals surface area contributed by atoms with E-state index in [2.05, 4.69) is 28.1 Å². The van der Waals surface area contributed by atoms with Crippen molar-refractivity contribution in [3.8, 4) is 0 Å². The van der Waals surface area contributed by atoms with Crippen molar-refractivity contribution >= 4 is 33.2 Å². The van der Waals surface area contributed by atoms with Gasteiger partial charge < -0.3 is 0 Å². The van der Waals surface area contributed by atoms with Crippen molar-refractivity contribution in [3.63, 3.8) is 0 Å². The van der Waals surface area contributed by atoms with Crippen molar-refractivity contribution < 1.29 is 4.79 Å². The molecule has 0 unspecified atom stereocenters. The van der Waals surface area contributed by atoms with E-state index in [9.17, 15) is 4.79 Å². The lowest BCUT2D eigenvalue weighted by atomic mass is 10.0. The van der Waals surface area contributed by atoms with Crippen LogP contribution in [0.4, 0.5) is 11.4 Å². The predicted octanol–water partition coefficient (Wildman–Crippen LogP) is 4.62. The molecule has 0 spiro atoms. The van der Waals surface area contributed by atoms with Crippen LogP contribution in [0.2, 0.25) is 0 Å². The highest BCUT2D eigenvalue weighted by molar-refractivity contribution is 9.10. The van der Waals surface area contributed by atoms with Crippen molar-refractivity contribution in [1.29, 1.82) is 0 Å². The van der Waals surface area contributed by atoms with E-state index in [1.54, 1.807) is 0 Å². The number of carbonyl (C=O) groups is 1. The average Bonchev–Trinajstić information content (AvgIpc) is 2.62. The number of hydrogen-bond acceptors (Lipinski definition) is 1. The fraction of sp³-hybridized carbons (Fsp3) is 0.278. The number of halogens is 1. The summed E-state index contributed by atoms with van der Waals surface area (Å²) in [5, 5.41) is 0. The fourth-order valence-corrected chi connectivity index (χ4v) is 2.94. The monoisotopic (exact) mass is 343 g/mol. The molecule has 3 rings (SSSR count). The van der Waals surface area contributed by atoms with E-state index in [-0.39, 0.29) is 5.91 Å². The largest absolute Gasteiger partial charge is 0.279 e. The summed E-state index contributed by atoms with van der Waals surface area (Å²) in [7, 11) is 0. The zero-order valence-corrected chi connectivity index (χ0v) is 13.9. The number of benzene rings is 2. The zero-order valence-electron chi connectivity index (χ0n) is 12.3. The van der Waals surface area contributed by atoms with Gasteiger partial charge in [-0.15, -0.1) is 0 Å². The summed E-state index contributed by atoms with van der Waals surface area (Å²) < 4.78 is -0.600. The van der Waals surface area contributed by atoms with Crippen LogP contribution in [-0.2, 0) is 17.6 Å². The van der Waals surface area contributed by atoms with Crippen LogP contribution in [0.3, 0.4) is 0 Å². The van der Waals surface area contributed by atoms with E-state index in [1.807, 2.05) is 55.1 Å². The van der Waals surface area contributed by atoms with Crippen molar-refractivity contribution in [3.05, 3.63) is 59.7 Å². The standard InChI is InChI=1S/C18H18BrNO/c1-18(2,19)17(21)20-15-9-5-3-7-13(15)11-12-14-8-4-6-10-16(14)20/h3-10H,11-12H2,1-2H3. The molecule has 2 nitrogen and oxygen atoms in total. The Kier molecular flexibility index (Phi) is 3.62. The second-order valence-electron chi connectivity index (χ2n) is 5.87. The third-order valence-corrected chi connectivity index (χ3v) is 4.18. The van der Waals surface area contributed by atoms with Crippen LogP contribution in [0.25, 0.3) is 0 Å². The normalized spacial score (nSPS) is 14.1. The Morgan fingerprint density at radius 2 is 1.38 bits per heavy atom. The van der Waals surface area contributed by atoms with Gasteiger partial charge in [0.05, 0.1) is 15.7 Å². The quantitative estimate of drug-likeness (QED) is 0.691. The summed E-state index contributed by atoms with van der Waals surface area (Å²) in [6, 6.07) is 16.4. The van der Waals surface area contributed by atoms with E-state index in [0.717, 1.165) is 24.2 Å². The SMILES string of the molecule is CC(C)(Br)C(=O)N1c2ccccc2CCc2ccccc21. The first kappa shape index (κ1) is 14.3. The molecular formula is C18H18BrNO. The highest BCUT2D eigenvalue weighted by Crippen LogP contribution is 2.38. The molecule has 21 heavy (non-hydrogen) atoms. The molecule has 0 radical (unpaired) electrons. The van der Waals surface area contributed by atoms with Gasteiger partial charge in [-0.25, -0.2) is 0 Å². The number of fused-ring (bicyclic) bond motifs is 2. The van der Waals surface area contributed by atoms with Crippen molar-refractivity contribution in [2.45, 2.75) is 31.0 Å². The van der Waals surface area contributed by atoms with Gasteiger partial charge in [-0.2, -0.15) is 0 Å². The average molecular weight is 344 g/mol. The van der Waals surface area contributed by atoms with Crippen LogP contribution in [0.1, 0.15) is 25.0 Å². The number of anilines is 2. The van der Waals surface area contributed by atoms with Crippen LogP contribution in [0.15, 0.2) is 48.5 Å². The molecule has 108 valence electrons. The van der Waals surface area contributed by atoms with Gasteiger partial charge in [0.1, 0.15) is 0 Å². The molecule has 1 heterocycles. The fourth-order valence-electron chi connectivity index (χ4n) is 2.76. The Morgan fingerprint density at radius 1 is 0.952 bits per heavy atom. The van der Waals surface area contributed by atoms with Gasteiger partial charge in [0.15, 0.2) is 0 Å². The lowest BCUT2D eigenvalue weighted by Gasteiger charge is -2.30. The van der Waals surface area contributed by atoms with Gasteiger partial charge in [0.2, 0.25) is 5.91 Å². The second-order valence-corrected chi connectivity index (χ2v) is 7.85. The summed E-state index contributed by atoms with van der Waals surface area (Å²) in [4.78, 5) is 14.8. The lowest BCUT2D eigenvalue weighted by Crippen LogP contribution is -2.39. The number of alkyl halides is 1. The highest BCUT2D eigenvalue weighted by Gasteiger charge is 2.34. The molecule has 0 saturated heterocycles. The number of carbonyl (C=O) groups excluding carboxylic acids is 1. The summed E-state index contributed by atoms with van der Waals surface area (Å²) in [5.74, 6) is 0.0595. The van der Waals surface area contributed by atoms with E-state index >= 15 is 0 Å². The molecule has 0 aromatic heterocycles. The van der Waals surface area contributed by atoms with Crippen LogP contribution >= 0.6 is 15.9 Å². The highest BCUT2D eigenvalue weighted by atomic mass is 79.9. The zero-order chi connectivity index (χ0) is 15.0. The number of aryl methyl sites for hydroxylation is 2. The smallest absolute Gasteiger partial charge is 0.247 e. The lowest BCUT2D eigenvalue weighted by molar-refractivity contribution is -0.119. The van der Waals surface area contributed by atoms with Crippen molar-refractivity contribution in [1.82, 2.24) is 0 Å². The maximum Gasteiger partial charge on any atom is 0.247 e. The third-order valence-electron chi connectivity index (χ3n) is 3.84. The Hall–Kier alpha value is -1.61. The summed E-state index contributed by atoms with van der Waals surface area (Å²) >= 11 is 3.52. The minimum absolute atomic E-state index is 0.0595. The number of nitrogens with zero attached hydrogens (tertiary/aromatic N) is 1. The molecule has 0 saturated carbocycles. The molecule has 1 aliphatic rings. The number of rotatable bonds is 1. The Morgan fingerprint density at radius 3 is 1.81 bits per heavy atom. The topological polar surface area (TPSA) is 20.3 Å². The van der Waals surface area contributed by atoms with Crippen molar-refractivity contribution in [2.75, 3.05) is 4.90 Å². The van der Waals surface area contributed by atoms with Gasteiger partial charge in [0, 0.05) is 0 Å². The first-order valence-corrected chi connectivity index (χ1v) is 7.97. The Balaban J connectivity index is 2.23. The molecule has 1 amide bonds. The van der Waals surface area contributed by atoms with Crippen molar-refractivity contribution in [2.24, 2.45) is 0 Å². The molecule has 0 N–H and O–H groups in total. The molecule has 2 aromatic carbocycles. The Bertz CT molecular complexity index is 640.